The molecule has 5 aromatic rings. The van der Waals surface area contributed by atoms with Crippen molar-refractivity contribution in [3.05, 3.63) is 117 Å². The van der Waals surface area contributed by atoms with Crippen LogP contribution in [0, 0.1) is 0 Å². The van der Waals surface area contributed by atoms with E-state index in [1.165, 1.54) is 10.7 Å². The predicted octanol–water partition coefficient (Wildman–Crippen LogP) is 2.88. The lowest BCUT2D eigenvalue weighted by Gasteiger charge is -2.12. The van der Waals surface area contributed by atoms with Crippen molar-refractivity contribution in [3.8, 4) is 0 Å². The van der Waals surface area contributed by atoms with Crippen LogP contribution in [0.25, 0.3) is 21.7 Å². The molecule has 0 fully saturated rings. The first-order valence-corrected chi connectivity index (χ1v) is 10.3. The van der Waals surface area contributed by atoms with Gasteiger partial charge in [-0.05, 0) is 30.3 Å². The Morgan fingerprint density at radius 2 is 1.70 bits per heavy atom. The van der Waals surface area contributed by atoms with E-state index in [1.54, 1.807) is 60.8 Å². The van der Waals surface area contributed by atoms with Crippen LogP contribution in [0.5, 0.6) is 0 Å². The van der Waals surface area contributed by atoms with Gasteiger partial charge in [-0.15, -0.1) is 0 Å². The molecule has 0 atom stereocenters. The summed E-state index contributed by atoms with van der Waals surface area (Å²) in [6.45, 7) is 0.216. The molecule has 0 saturated carbocycles. The summed E-state index contributed by atoms with van der Waals surface area (Å²) >= 11 is 0. The molecule has 0 saturated heterocycles. The van der Waals surface area contributed by atoms with Crippen molar-refractivity contribution in [1.82, 2.24) is 20.1 Å². The van der Waals surface area contributed by atoms with E-state index in [4.69, 9.17) is 4.42 Å². The molecule has 33 heavy (non-hydrogen) atoms. The van der Waals surface area contributed by atoms with Crippen molar-refractivity contribution in [1.29, 1.82) is 0 Å². The number of amides is 1. The number of para-hydroxylation sites is 1. The summed E-state index contributed by atoms with van der Waals surface area (Å²) in [6.07, 6.45) is 1.65. The topological polar surface area (TPSA) is 107 Å². The highest BCUT2D eigenvalue weighted by molar-refractivity contribution is 5.96. The summed E-state index contributed by atoms with van der Waals surface area (Å²) < 4.78 is 6.58. The predicted molar refractivity (Wildman–Crippen MR) is 123 cm³/mol. The van der Waals surface area contributed by atoms with Crippen molar-refractivity contribution >= 4 is 27.6 Å². The van der Waals surface area contributed by atoms with Crippen molar-refractivity contribution in [2.24, 2.45) is 0 Å². The summed E-state index contributed by atoms with van der Waals surface area (Å²) in [5, 5.41) is 8.97. The molecule has 0 aliphatic carbocycles. The van der Waals surface area contributed by atoms with Crippen LogP contribution in [0.4, 0.5) is 0 Å². The minimum Gasteiger partial charge on any atom is -0.422 e. The van der Waals surface area contributed by atoms with Crippen molar-refractivity contribution in [2.75, 3.05) is 0 Å². The molecule has 8 nitrogen and oxygen atoms in total. The van der Waals surface area contributed by atoms with Gasteiger partial charge in [0, 0.05) is 17.0 Å². The highest BCUT2D eigenvalue weighted by atomic mass is 16.4. The molecule has 3 aromatic heterocycles. The largest absolute Gasteiger partial charge is 0.422 e. The van der Waals surface area contributed by atoms with Gasteiger partial charge in [-0.25, -0.2) is 9.48 Å². The van der Waals surface area contributed by atoms with Gasteiger partial charge in [0.1, 0.15) is 11.1 Å². The lowest BCUT2D eigenvalue weighted by Crippen LogP contribution is -2.31. The second-order valence-corrected chi connectivity index (χ2v) is 7.44. The van der Waals surface area contributed by atoms with Gasteiger partial charge in [-0.3, -0.25) is 14.6 Å². The van der Waals surface area contributed by atoms with Crippen LogP contribution >= 0.6 is 0 Å². The number of aromatic nitrogens is 3. The molecule has 8 heteroatoms. The minimum absolute atomic E-state index is 0.0219. The molecule has 5 rings (SSSR count). The Morgan fingerprint density at radius 1 is 0.939 bits per heavy atom. The van der Waals surface area contributed by atoms with Gasteiger partial charge in [0.05, 0.1) is 29.9 Å². The summed E-state index contributed by atoms with van der Waals surface area (Å²) in [6, 6.07) is 21.0. The molecule has 1 amide bonds. The Balaban J connectivity index is 1.48. The zero-order valence-electron chi connectivity index (χ0n) is 17.4. The number of hydrogen-bond donors (Lipinski definition) is 1. The molecular formula is C25H18N4O4. The number of pyridine rings is 1. The first kappa shape index (κ1) is 20.3. The molecule has 0 aliphatic rings. The van der Waals surface area contributed by atoms with E-state index < -0.39 is 11.5 Å². The van der Waals surface area contributed by atoms with E-state index in [-0.39, 0.29) is 24.2 Å². The first-order valence-electron chi connectivity index (χ1n) is 10.3. The Labute approximate surface area is 187 Å². The highest BCUT2D eigenvalue weighted by Gasteiger charge is 2.16. The lowest BCUT2D eigenvalue weighted by atomic mass is 10.1. The van der Waals surface area contributed by atoms with Gasteiger partial charge < -0.3 is 9.73 Å². The zero-order valence-corrected chi connectivity index (χ0v) is 17.4. The van der Waals surface area contributed by atoms with Crippen LogP contribution in [0.2, 0.25) is 0 Å². The number of nitrogens with zero attached hydrogens (tertiary/aromatic N) is 3. The summed E-state index contributed by atoms with van der Waals surface area (Å²) in [7, 11) is 0. The molecule has 2 aromatic carbocycles. The Bertz CT molecular complexity index is 1610. The number of nitrogens with one attached hydrogen (secondary N) is 1. The van der Waals surface area contributed by atoms with Crippen molar-refractivity contribution in [3.63, 3.8) is 0 Å². The van der Waals surface area contributed by atoms with Crippen LogP contribution < -0.4 is 16.5 Å². The van der Waals surface area contributed by atoms with Gasteiger partial charge in [0.2, 0.25) is 0 Å². The molecule has 1 N–H and O–H groups in total. The smallest absolute Gasteiger partial charge is 0.349 e. The quantitative estimate of drug-likeness (QED) is 0.423. The van der Waals surface area contributed by atoms with E-state index in [2.05, 4.69) is 15.4 Å². The Morgan fingerprint density at radius 3 is 2.52 bits per heavy atom. The average Bonchev–Trinajstić information content (AvgIpc) is 2.85. The van der Waals surface area contributed by atoms with E-state index >= 15 is 0 Å². The maximum atomic E-state index is 12.9. The fourth-order valence-electron chi connectivity index (χ4n) is 3.67. The maximum Gasteiger partial charge on any atom is 0.349 e. The molecule has 0 spiro atoms. The average molecular weight is 438 g/mol. The summed E-state index contributed by atoms with van der Waals surface area (Å²) in [4.78, 5) is 42.3. The summed E-state index contributed by atoms with van der Waals surface area (Å²) in [5.41, 5.74) is 0.532. The number of fused-ring (bicyclic) bond motifs is 2. The zero-order chi connectivity index (χ0) is 22.8. The first-order chi connectivity index (χ1) is 16.1. The number of benzene rings is 2. The second kappa shape index (κ2) is 8.51. The number of carbonyl (C=O) groups is 1. The van der Waals surface area contributed by atoms with Gasteiger partial charge in [-0.2, -0.15) is 5.10 Å². The second-order valence-electron chi connectivity index (χ2n) is 7.44. The molecule has 162 valence electrons. The fraction of sp³-hybridized carbons (Fsp3) is 0.0800. The van der Waals surface area contributed by atoms with Gasteiger partial charge >= 0.3 is 5.63 Å². The highest BCUT2D eigenvalue weighted by Crippen LogP contribution is 2.15. The van der Waals surface area contributed by atoms with Gasteiger partial charge in [-0.1, -0.05) is 42.5 Å². The number of hydrogen-bond acceptors (Lipinski definition) is 6. The molecule has 3 heterocycles. The van der Waals surface area contributed by atoms with Crippen LogP contribution in [0.3, 0.4) is 0 Å². The molecular weight excluding hydrogens is 420 g/mol. The normalized spacial score (nSPS) is 11.0. The maximum absolute atomic E-state index is 12.9. The van der Waals surface area contributed by atoms with Gasteiger partial charge in [0.15, 0.2) is 0 Å². The van der Waals surface area contributed by atoms with Crippen LogP contribution in [0.15, 0.2) is 93.0 Å². The van der Waals surface area contributed by atoms with E-state index in [9.17, 15) is 14.4 Å². The third-order valence-corrected chi connectivity index (χ3v) is 5.28. The molecule has 0 radical (unpaired) electrons. The third kappa shape index (κ3) is 4.01. The van der Waals surface area contributed by atoms with Crippen LogP contribution in [0.1, 0.15) is 21.7 Å². The third-order valence-electron chi connectivity index (χ3n) is 5.28. The lowest BCUT2D eigenvalue weighted by molar-refractivity contribution is 0.0947. The van der Waals surface area contributed by atoms with Crippen molar-refractivity contribution in [2.45, 2.75) is 13.1 Å². The minimum atomic E-state index is -0.718. The fourth-order valence-corrected chi connectivity index (χ4v) is 3.67. The van der Waals surface area contributed by atoms with E-state index in [0.717, 1.165) is 0 Å². The standard InChI is InChI=1S/C25H18N4O4/c30-23(20-13-16-7-1-4-11-22(16)33-25(20)32)27-14-21-18-9-2-3-10-19(18)24(31)29(28-21)15-17-8-5-6-12-26-17/h1-13H,14-15H2,(H,27,30). The molecule has 0 unspecified atom stereocenters. The van der Waals surface area contributed by atoms with Crippen LogP contribution in [-0.2, 0) is 13.1 Å². The molecule has 0 aliphatic heterocycles. The number of rotatable bonds is 5. The summed E-state index contributed by atoms with van der Waals surface area (Å²) in [5.74, 6) is -0.581. The Kier molecular flexibility index (Phi) is 5.24. The molecule has 0 bridgehead atoms. The SMILES string of the molecule is O=C(NCc1nn(Cc2ccccn2)c(=O)c2ccccc12)c1cc2ccccc2oc1=O. The van der Waals surface area contributed by atoms with E-state index in [1.807, 2.05) is 12.1 Å². The number of carbonyl (C=O) groups excluding carboxylic acids is 1. The van der Waals surface area contributed by atoms with Crippen LogP contribution in [-0.4, -0.2) is 20.7 Å². The Hall–Kier alpha value is -4.59. The van der Waals surface area contributed by atoms with E-state index in [0.29, 0.717) is 33.1 Å². The van der Waals surface area contributed by atoms with Crippen molar-refractivity contribution < 1.29 is 9.21 Å². The monoisotopic (exact) mass is 438 g/mol. The van der Waals surface area contributed by atoms with Gasteiger partial charge in [0.25, 0.3) is 11.5 Å².